The van der Waals surface area contributed by atoms with Crippen LogP contribution in [0.5, 0.6) is 0 Å². The average molecular weight is 250 g/mol. The highest BCUT2D eigenvalue weighted by Crippen LogP contribution is 2.30. The van der Waals surface area contributed by atoms with Crippen molar-refractivity contribution in [1.29, 1.82) is 0 Å². The van der Waals surface area contributed by atoms with Crippen molar-refractivity contribution in [1.82, 2.24) is 9.80 Å². The van der Waals surface area contributed by atoms with Crippen molar-refractivity contribution >= 4 is 0 Å². The van der Waals surface area contributed by atoms with E-state index in [2.05, 4.69) is 30.9 Å². The van der Waals surface area contributed by atoms with Gasteiger partial charge in [-0.2, -0.15) is 0 Å². The highest BCUT2D eigenvalue weighted by atomic mass is 19.1. The Balaban J connectivity index is 2.13. The second-order valence-corrected chi connectivity index (χ2v) is 5.73. The SMILES string of the molecule is CN1CCC(Cc2ccc(F)cc2)(N(C)C)CC1. The van der Waals surface area contributed by atoms with Crippen LogP contribution >= 0.6 is 0 Å². The van der Waals surface area contributed by atoms with Gasteiger partial charge in [-0.3, -0.25) is 0 Å². The van der Waals surface area contributed by atoms with Gasteiger partial charge >= 0.3 is 0 Å². The predicted octanol–water partition coefficient (Wildman–Crippen LogP) is 2.39. The van der Waals surface area contributed by atoms with Crippen molar-refractivity contribution in [3.8, 4) is 0 Å². The normalized spacial score (nSPS) is 20.3. The van der Waals surface area contributed by atoms with Gasteiger partial charge in [-0.15, -0.1) is 0 Å². The molecule has 2 rings (SSSR count). The molecule has 0 amide bonds. The Morgan fingerprint density at radius 2 is 1.72 bits per heavy atom. The second-order valence-electron chi connectivity index (χ2n) is 5.73. The van der Waals surface area contributed by atoms with Gasteiger partial charge in [-0.05, 0) is 71.2 Å². The summed E-state index contributed by atoms with van der Waals surface area (Å²) in [6.07, 6.45) is 3.36. The van der Waals surface area contributed by atoms with Gasteiger partial charge in [-0.25, -0.2) is 4.39 Å². The van der Waals surface area contributed by atoms with E-state index in [4.69, 9.17) is 0 Å². The summed E-state index contributed by atoms with van der Waals surface area (Å²) in [4.78, 5) is 4.73. The third-order valence-electron chi connectivity index (χ3n) is 4.31. The highest BCUT2D eigenvalue weighted by molar-refractivity contribution is 5.19. The van der Waals surface area contributed by atoms with Gasteiger partial charge in [0.1, 0.15) is 5.82 Å². The van der Waals surface area contributed by atoms with Crippen molar-refractivity contribution in [2.45, 2.75) is 24.8 Å². The van der Waals surface area contributed by atoms with Crippen LogP contribution in [0.2, 0.25) is 0 Å². The molecule has 1 saturated heterocycles. The van der Waals surface area contributed by atoms with Crippen molar-refractivity contribution in [3.63, 3.8) is 0 Å². The van der Waals surface area contributed by atoms with Crippen molar-refractivity contribution < 1.29 is 4.39 Å². The van der Waals surface area contributed by atoms with Crippen LogP contribution in [-0.4, -0.2) is 49.6 Å². The number of hydrogen-bond acceptors (Lipinski definition) is 2. The van der Waals surface area contributed by atoms with Gasteiger partial charge in [0.2, 0.25) is 0 Å². The molecule has 1 aromatic carbocycles. The molecule has 0 aromatic heterocycles. The second kappa shape index (κ2) is 5.37. The number of hydrogen-bond donors (Lipinski definition) is 0. The lowest BCUT2D eigenvalue weighted by Crippen LogP contribution is -2.53. The van der Waals surface area contributed by atoms with Gasteiger partial charge in [0, 0.05) is 5.54 Å². The first-order valence-electron chi connectivity index (χ1n) is 6.62. The molecule has 1 aliphatic heterocycles. The summed E-state index contributed by atoms with van der Waals surface area (Å²) in [6, 6.07) is 6.96. The summed E-state index contributed by atoms with van der Waals surface area (Å²) in [5, 5.41) is 0. The largest absolute Gasteiger partial charge is 0.306 e. The number of likely N-dealkylation sites (N-methyl/N-ethyl adjacent to an activating group) is 1. The Kier molecular flexibility index (Phi) is 4.03. The van der Waals surface area contributed by atoms with E-state index >= 15 is 0 Å². The number of benzene rings is 1. The molecule has 18 heavy (non-hydrogen) atoms. The van der Waals surface area contributed by atoms with Crippen LogP contribution in [0.25, 0.3) is 0 Å². The van der Waals surface area contributed by atoms with Crippen LogP contribution in [0.3, 0.4) is 0 Å². The summed E-state index contributed by atoms with van der Waals surface area (Å²) in [6.45, 7) is 2.28. The van der Waals surface area contributed by atoms with Crippen LogP contribution in [0.1, 0.15) is 18.4 Å². The van der Waals surface area contributed by atoms with Crippen LogP contribution in [-0.2, 0) is 6.42 Å². The highest BCUT2D eigenvalue weighted by Gasteiger charge is 2.35. The van der Waals surface area contributed by atoms with E-state index in [9.17, 15) is 4.39 Å². The maximum atomic E-state index is 13.0. The third-order valence-corrected chi connectivity index (χ3v) is 4.31. The number of rotatable bonds is 3. The molecule has 0 spiro atoms. The number of piperidine rings is 1. The van der Waals surface area contributed by atoms with E-state index < -0.39 is 0 Å². The van der Waals surface area contributed by atoms with Crippen molar-refractivity contribution in [2.75, 3.05) is 34.2 Å². The van der Waals surface area contributed by atoms with Crippen LogP contribution < -0.4 is 0 Å². The zero-order valence-corrected chi connectivity index (χ0v) is 11.6. The van der Waals surface area contributed by atoms with Crippen LogP contribution in [0, 0.1) is 5.82 Å². The Bertz CT molecular complexity index is 378. The van der Waals surface area contributed by atoms with Gasteiger partial charge in [0.25, 0.3) is 0 Å². The third kappa shape index (κ3) is 2.90. The molecule has 0 unspecified atom stereocenters. The van der Waals surface area contributed by atoms with Gasteiger partial charge < -0.3 is 9.80 Å². The number of halogens is 1. The van der Waals surface area contributed by atoms with E-state index in [1.54, 1.807) is 12.1 Å². The summed E-state index contributed by atoms with van der Waals surface area (Å²) in [5.41, 5.74) is 1.46. The molecule has 0 atom stereocenters. The molecule has 1 heterocycles. The zero-order valence-electron chi connectivity index (χ0n) is 11.6. The lowest BCUT2D eigenvalue weighted by Gasteiger charge is -2.45. The summed E-state index contributed by atoms with van der Waals surface area (Å²) >= 11 is 0. The molecular weight excluding hydrogens is 227 g/mol. The van der Waals surface area contributed by atoms with E-state index in [-0.39, 0.29) is 11.4 Å². The zero-order chi connectivity index (χ0) is 13.2. The summed E-state index contributed by atoms with van der Waals surface area (Å²) < 4.78 is 13.0. The lowest BCUT2D eigenvalue weighted by atomic mass is 9.81. The standard InChI is InChI=1S/C15H23FN2/c1-17(2)15(8-10-18(3)11-9-15)12-13-4-6-14(16)7-5-13/h4-7H,8-12H2,1-3H3. The fourth-order valence-corrected chi connectivity index (χ4v) is 2.80. The Labute approximate surface area is 109 Å². The molecule has 1 aromatic rings. The fraction of sp³-hybridized carbons (Fsp3) is 0.600. The minimum atomic E-state index is -0.152. The van der Waals surface area contributed by atoms with E-state index in [0.717, 1.165) is 19.5 Å². The van der Waals surface area contributed by atoms with E-state index in [0.29, 0.717) is 0 Å². The van der Waals surface area contributed by atoms with Crippen molar-refractivity contribution in [2.24, 2.45) is 0 Å². The van der Waals surface area contributed by atoms with Crippen LogP contribution in [0.15, 0.2) is 24.3 Å². The molecule has 0 radical (unpaired) electrons. The minimum Gasteiger partial charge on any atom is -0.306 e. The van der Waals surface area contributed by atoms with E-state index in [1.807, 2.05) is 12.1 Å². The van der Waals surface area contributed by atoms with Gasteiger partial charge in [0.05, 0.1) is 0 Å². The quantitative estimate of drug-likeness (QED) is 0.813. The monoisotopic (exact) mass is 250 g/mol. The molecule has 3 heteroatoms. The molecule has 1 fully saturated rings. The Hall–Kier alpha value is -0.930. The first-order valence-corrected chi connectivity index (χ1v) is 6.62. The van der Waals surface area contributed by atoms with Gasteiger partial charge in [0.15, 0.2) is 0 Å². The molecule has 0 aliphatic carbocycles. The Morgan fingerprint density at radius 1 is 1.17 bits per heavy atom. The fourth-order valence-electron chi connectivity index (χ4n) is 2.80. The van der Waals surface area contributed by atoms with Crippen LogP contribution in [0.4, 0.5) is 4.39 Å². The average Bonchev–Trinajstić information content (AvgIpc) is 2.35. The number of nitrogens with zero attached hydrogens (tertiary/aromatic N) is 2. The first-order chi connectivity index (χ1) is 8.52. The van der Waals surface area contributed by atoms with Gasteiger partial charge in [-0.1, -0.05) is 12.1 Å². The number of likely N-dealkylation sites (tertiary alicyclic amines) is 1. The maximum Gasteiger partial charge on any atom is 0.123 e. The topological polar surface area (TPSA) is 6.48 Å². The molecular formula is C15H23FN2. The molecule has 0 N–H and O–H groups in total. The minimum absolute atomic E-state index is 0.152. The molecule has 2 nitrogen and oxygen atoms in total. The lowest BCUT2D eigenvalue weighted by molar-refractivity contribution is 0.0666. The molecule has 0 saturated carbocycles. The van der Waals surface area contributed by atoms with Crippen molar-refractivity contribution in [3.05, 3.63) is 35.6 Å². The molecule has 100 valence electrons. The molecule has 1 aliphatic rings. The summed E-state index contributed by atoms with van der Waals surface area (Å²) in [5.74, 6) is -0.152. The predicted molar refractivity (Wildman–Crippen MR) is 73.3 cm³/mol. The molecule has 0 bridgehead atoms. The maximum absolute atomic E-state index is 13.0. The smallest absolute Gasteiger partial charge is 0.123 e. The first kappa shape index (κ1) is 13.5. The summed E-state index contributed by atoms with van der Waals surface area (Å²) in [7, 11) is 6.50. The van der Waals surface area contributed by atoms with E-state index in [1.165, 1.54) is 18.4 Å². The Morgan fingerprint density at radius 3 is 2.22 bits per heavy atom.